The van der Waals surface area contributed by atoms with Gasteiger partial charge in [0.2, 0.25) is 0 Å². The fourth-order valence-corrected chi connectivity index (χ4v) is 4.82. The van der Waals surface area contributed by atoms with Crippen molar-refractivity contribution in [1.29, 1.82) is 0 Å². The van der Waals surface area contributed by atoms with Gasteiger partial charge in [0.05, 0.1) is 12.2 Å². The van der Waals surface area contributed by atoms with Crippen molar-refractivity contribution in [3.63, 3.8) is 0 Å². The number of nitrogens with one attached hydrogen (secondary N) is 1. The number of rotatable bonds is 5. The van der Waals surface area contributed by atoms with E-state index in [4.69, 9.17) is 9.47 Å². The monoisotopic (exact) mass is 419 g/mol. The van der Waals surface area contributed by atoms with Crippen molar-refractivity contribution in [1.82, 2.24) is 5.32 Å². The van der Waals surface area contributed by atoms with E-state index >= 15 is 0 Å². The van der Waals surface area contributed by atoms with Crippen LogP contribution in [-0.2, 0) is 19.1 Å². The van der Waals surface area contributed by atoms with Crippen LogP contribution in [0.1, 0.15) is 45.1 Å². The number of dihydropyridines is 1. The van der Waals surface area contributed by atoms with E-state index in [2.05, 4.69) is 19.2 Å². The summed E-state index contributed by atoms with van der Waals surface area (Å²) >= 11 is 0. The van der Waals surface area contributed by atoms with Gasteiger partial charge in [0, 0.05) is 36.4 Å². The number of benzene rings is 2. The molecule has 5 nitrogen and oxygen atoms in total. The minimum absolute atomic E-state index is 0.0892. The molecule has 1 heterocycles. The molecule has 0 amide bonds. The Morgan fingerprint density at radius 1 is 1.10 bits per heavy atom. The summed E-state index contributed by atoms with van der Waals surface area (Å²) in [4.78, 5) is 26.6. The number of esters is 1. The highest BCUT2D eigenvalue weighted by molar-refractivity contribution is 6.05. The predicted octanol–water partition coefficient (Wildman–Crippen LogP) is 4.63. The van der Waals surface area contributed by atoms with Crippen LogP contribution in [0.4, 0.5) is 0 Å². The van der Waals surface area contributed by atoms with Crippen molar-refractivity contribution in [3.05, 3.63) is 70.6 Å². The molecule has 1 aliphatic heterocycles. The zero-order valence-electron chi connectivity index (χ0n) is 18.6. The van der Waals surface area contributed by atoms with E-state index < -0.39 is 11.9 Å². The molecule has 162 valence electrons. The minimum atomic E-state index is -0.457. The summed E-state index contributed by atoms with van der Waals surface area (Å²) in [6.45, 7) is 6.60. The molecule has 1 atom stereocenters. The maximum Gasteiger partial charge on any atom is 0.336 e. The van der Waals surface area contributed by atoms with E-state index in [-0.39, 0.29) is 17.8 Å². The van der Waals surface area contributed by atoms with Gasteiger partial charge < -0.3 is 14.8 Å². The van der Waals surface area contributed by atoms with Crippen molar-refractivity contribution in [3.8, 4) is 0 Å². The van der Waals surface area contributed by atoms with Gasteiger partial charge in [-0.25, -0.2) is 4.79 Å². The van der Waals surface area contributed by atoms with Crippen molar-refractivity contribution < 1.29 is 19.1 Å². The molecule has 1 aliphatic carbocycles. The molecule has 2 aromatic carbocycles. The zero-order chi connectivity index (χ0) is 22.2. The van der Waals surface area contributed by atoms with Gasteiger partial charge in [-0.3, -0.25) is 4.79 Å². The molecule has 0 unspecified atom stereocenters. The molecule has 0 fully saturated rings. The number of methoxy groups -OCH3 is 1. The van der Waals surface area contributed by atoms with Crippen LogP contribution in [0.25, 0.3) is 10.8 Å². The van der Waals surface area contributed by atoms with Gasteiger partial charge in [0.15, 0.2) is 5.78 Å². The summed E-state index contributed by atoms with van der Waals surface area (Å²) in [7, 11) is 1.57. The second-order valence-electron chi connectivity index (χ2n) is 9.13. The number of allylic oxidation sites excluding steroid dienone is 3. The molecule has 0 saturated carbocycles. The molecule has 0 saturated heterocycles. The third-order valence-corrected chi connectivity index (χ3v) is 6.11. The van der Waals surface area contributed by atoms with Crippen LogP contribution < -0.4 is 5.32 Å². The third kappa shape index (κ3) is 4.02. The van der Waals surface area contributed by atoms with Crippen molar-refractivity contribution in [2.75, 3.05) is 20.3 Å². The minimum Gasteiger partial charge on any atom is -0.460 e. The van der Waals surface area contributed by atoms with E-state index in [1.807, 2.05) is 49.4 Å². The Labute approximate surface area is 183 Å². The number of carbonyl (C=O) groups excluding carboxylic acids is 2. The van der Waals surface area contributed by atoms with Gasteiger partial charge in [-0.1, -0.05) is 56.3 Å². The molecule has 0 aromatic heterocycles. The summed E-state index contributed by atoms with van der Waals surface area (Å²) < 4.78 is 10.5. The molecular weight excluding hydrogens is 390 g/mol. The lowest BCUT2D eigenvalue weighted by Crippen LogP contribution is -2.38. The Morgan fingerprint density at radius 2 is 1.84 bits per heavy atom. The van der Waals surface area contributed by atoms with Crippen LogP contribution in [0.15, 0.2) is 65.0 Å². The Morgan fingerprint density at radius 3 is 2.61 bits per heavy atom. The second kappa shape index (κ2) is 8.31. The molecule has 2 aromatic rings. The van der Waals surface area contributed by atoms with Gasteiger partial charge >= 0.3 is 5.97 Å². The van der Waals surface area contributed by atoms with E-state index in [1.165, 1.54) is 0 Å². The highest BCUT2D eigenvalue weighted by Crippen LogP contribution is 2.48. The van der Waals surface area contributed by atoms with Gasteiger partial charge in [0.1, 0.15) is 6.61 Å². The van der Waals surface area contributed by atoms with Crippen LogP contribution in [-0.4, -0.2) is 32.1 Å². The number of hydrogen-bond acceptors (Lipinski definition) is 5. The highest BCUT2D eigenvalue weighted by Gasteiger charge is 2.43. The number of hydrogen-bond donors (Lipinski definition) is 1. The van der Waals surface area contributed by atoms with Crippen LogP contribution in [0, 0.1) is 5.41 Å². The largest absolute Gasteiger partial charge is 0.460 e. The molecule has 0 radical (unpaired) electrons. The fraction of sp³-hybridized carbons (Fsp3) is 0.385. The Hall–Kier alpha value is -2.92. The second-order valence-corrected chi connectivity index (χ2v) is 9.13. The average molecular weight is 420 g/mol. The smallest absolute Gasteiger partial charge is 0.336 e. The Kier molecular flexibility index (Phi) is 5.71. The standard InChI is InChI=1S/C26H29NO4/c1-16-22(25(29)31-13-12-30-4)23(19-11-7-9-17-8-5-6-10-18(17)19)24-20(27-16)14-26(2,3)15-21(24)28/h5-11,23,27H,12-15H2,1-4H3/t23-/m0/s1. The quantitative estimate of drug-likeness (QED) is 0.565. The topological polar surface area (TPSA) is 64.6 Å². The number of ether oxygens (including phenoxy) is 2. The number of carbonyl (C=O) groups is 2. The fourth-order valence-electron chi connectivity index (χ4n) is 4.82. The molecule has 2 aliphatic rings. The molecule has 0 bridgehead atoms. The lowest BCUT2D eigenvalue weighted by Gasteiger charge is -2.39. The Bertz CT molecular complexity index is 1100. The van der Waals surface area contributed by atoms with Gasteiger partial charge in [-0.05, 0) is 35.1 Å². The molecule has 0 spiro atoms. The predicted molar refractivity (Wildman–Crippen MR) is 120 cm³/mol. The van der Waals surface area contributed by atoms with E-state index in [0.29, 0.717) is 24.2 Å². The first-order chi connectivity index (χ1) is 14.8. The van der Waals surface area contributed by atoms with E-state index in [0.717, 1.165) is 34.2 Å². The van der Waals surface area contributed by atoms with Crippen molar-refractivity contribution in [2.45, 2.75) is 39.5 Å². The SMILES string of the molecule is COCCOC(=O)C1=C(C)NC2=C(C(=O)CC(C)(C)C2)[C@H]1c1cccc2ccccc12. The van der Waals surface area contributed by atoms with E-state index in [1.54, 1.807) is 7.11 Å². The van der Waals surface area contributed by atoms with Gasteiger partial charge in [-0.2, -0.15) is 0 Å². The molecule has 4 rings (SSSR count). The lowest BCUT2D eigenvalue weighted by molar-refractivity contribution is -0.140. The maximum atomic E-state index is 13.4. The molecular formula is C26H29NO4. The molecule has 5 heteroatoms. The number of fused-ring (bicyclic) bond motifs is 1. The van der Waals surface area contributed by atoms with Crippen LogP contribution in [0.3, 0.4) is 0 Å². The third-order valence-electron chi connectivity index (χ3n) is 6.11. The normalized spacial score (nSPS) is 20.5. The lowest BCUT2D eigenvalue weighted by atomic mass is 9.68. The maximum absolute atomic E-state index is 13.4. The molecule has 31 heavy (non-hydrogen) atoms. The van der Waals surface area contributed by atoms with Crippen LogP contribution in [0.5, 0.6) is 0 Å². The number of ketones is 1. The number of Topliss-reactive ketones (excluding diaryl/α,β-unsaturated/α-hetero) is 1. The van der Waals surface area contributed by atoms with Gasteiger partial charge in [0.25, 0.3) is 0 Å². The zero-order valence-corrected chi connectivity index (χ0v) is 18.6. The summed E-state index contributed by atoms with van der Waals surface area (Å²) in [5, 5.41) is 5.50. The average Bonchev–Trinajstić information content (AvgIpc) is 2.71. The Balaban J connectivity index is 1.89. The van der Waals surface area contributed by atoms with Crippen LogP contribution in [0.2, 0.25) is 0 Å². The summed E-state index contributed by atoms with van der Waals surface area (Å²) in [6.07, 6.45) is 1.22. The molecule has 1 N–H and O–H groups in total. The first kappa shape index (κ1) is 21.3. The summed E-state index contributed by atoms with van der Waals surface area (Å²) in [5.74, 6) is -0.781. The first-order valence-corrected chi connectivity index (χ1v) is 10.7. The van der Waals surface area contributed by atoms with Crippen molar-refractivity contribution in [2.24, 2.45) is 5.41 Å². The van der Waals surface area contributed by atoms with Gasteiger partial charge in [-0.15, -0.1) is 0 Å². The summed E-state index contributed by atoms with van der Waals surface area (Å²) in [5.41, 5.74) is 3.69. The van der Waals surface area contributed by atoms with E-state index in [9.17, 15) is 9.59 Å². The van der Waals surface area contributed by atoms with Crippen LogP contribution >= 0.6 is 0 Å². The highest BCUT2D eigenvalue weighted by atomic mass is 16.6. The van der Waals surface area contributed by atoms with Crippen molar-refractivity contribution >= 4 is 22.5 Å². The summed E-state index contributed by atoms with van der Waals surface area (Å²) in [6, 6.07) is 14.1. The first-order valence-electron chi connectivity index (χ1n) is 10.7.